The van der Waals surface area contributed by atoms with Gasteiger partial charge in [-0.2, -0.15) is 0 Å². The van der Waals surface area contributed by atoms with E-state index < -0.39 is 0 Å². The molecule has 0 radical (unpaired) electrons. The Labute approximate surface area is 130 Å². The van der Waals surface area contributed by atoms with E-state index in [2.05, 4.69) is 4.90 Å². The third-order valence-electron chi connectivity index (χ3n) is 4.87. The molecule has 0 amide bonds. The smallest absolute Gasteiger partial charge is 0.290 e. The first kappa shape index (κ1) is 16.9. The fourth-order valence-corrected chi connectivity index (χ4v) is 3.84. The van der Waals surface area contributed by atoms with Crippen molar-refractivity contribution in [1.82, 2.24) is 4.90 Å². The fourth-order valence-electron chi connectivity index (χ4n) is 3.84. The summed E-state index contributed by atoms with van der Waals surface area (Å²) in [5.41, 5.74) is 1.30. The summed E-state index contributed by atoms with van der Waals surface area (Å²) in [5.74, 6) is -0.176. The highest BCUT2D eigenvalue weighted by Gasteiger charge is 2.44. The van der Waals surface area contributed by atoms with E-state index in [9.17, 15) is 9.50 Å². The molecule has 1 aromatic rings. The summed E-state index contributed by atoms with van der Waals surface area (Å²) in [7, 11) is 0. The minimum absolute atomic E-state index is 0.122. The van der Waals surface area contributed by atoms with Gasteiger partial charge in [0.05, 0.1) is 6.10 Å². The first-order valence-corrected chi connectivity index (χ1v) is 7.82. The zero-order valence-corrected chi connectivity index (χ0v) is 12.7. The van der Waals surface area contributed by atoms with Crippen molar-refractivity contribution in [1.29, 1.82) is 0 Å². The van der Waals surface area contributed by atoms with Crippen LogP contribution in [0.1, 0.15) is 37.7 Å². The highest BCUT2D eigenvalue weighted by atomic mass is 19.1. The van der Waals surface area contributed by atoms with Crippen molar-refractivity contribution in [2.24, 2.45) is 5.41 Å². The van der Waals surface area contributed by atoms with Gasteiger partial charge in [-0.25, -0.2) is 4.39 Å². The van der Waals surface area contributed by atoms with Crippen LogP contribution < -0.4 is 0 Å². The Morgan fingerprint density at radius 2 is 1.91 bits per heavy atom. The van der Waals surface area contributed by atoms with Crippen molar-refractivity contribution in [3.63, 3.8) is 0 Å². The summed E-state index contributed by atoms with van der Waals surface area (Å²) in [6.07, 6.45) is 5.49. The monoisotopic (exact) mass is 309 g/mol. The maximum absolute atomic E-state index is 12.9. The van der Waals surface area contributed by atoms with Crippen LogP contribution in [0.5, 0.6) is 0 Å². The van der Waals surface area contributed by atoms with E-state index >= 15 is 0 Å². The van der Waals surface area contributed by atoms with Crippen LogP contribution in [-0.4, -0.2) is 40.8 Å². The van der Waals surface area contributed by atoms with Gasteiger partial charge in [0.15, 0.2) is 0 Å². The molecule has 1 saturated heterocycles. The molecule has 2 aliphatic rings. The van der Waals surface area contributed by atoms with Gasteiger partial charge in [-0.05, 0) is 49.9 Å². The molecule has 2 fully saturated rings. The molecule has 1 spiro atoms. The number of carboxylic acid groups (broad SMARTS) is 1. The highest BCUT2D eigenvalue weighted by molar-refractivity contribution is 5.32. The van der Waals surface area contributed by atoms with Crippen LogP contribution in [0.4, 0.5) is 4.39 Å². The van der Waals surface area contributed by atoms with E-state index in [1.54, 1.807) is 0 Å². The van der Waals surface area contributed by atoms with Crippen LogP contribution in [0.2, 0.25) is 0 Å². The molecule has 2 N–H and O–H groups in total. The molecular formula is C17H24FNO3. The lowest BCUT2D eigenvalue weighted by atomic mass is 9.76. The number of hydrogen-bond acceptors (Lipinski definition) is 3. The van der Waals surface area contributed by atoms with Gasteiger partial charge >= 0.3 is 0 Å². The van der Waals surface area contributed by atoms with Crippen molar-refractivity contribution in [3.8, 4) is 0 Å². The molecule has 2 atom stereocenters. The molecule has 22 heavy (non-hydrogen) atoms. The molecule has 4 nitrogen and oxygen atoms in total. The van der Waals surface area contributed by atoms with E-state index in [-0.39, 0.29) is 23.8 Å². The zero-order valence-electron chi connectivity index (χ0n) is 12.7. The summed E-state index contributed by atoms with van der Waals surface area (Å²) in [6, 6.07) is 6.78. The molecule has 0 bridgehead atoms. The standard InChI is InChI=1S/C16H22FNO.CH2O2/c17-14-6-4-13(5-7-14)11-18-10-2-9-16(12-18)8-1-3-15(16)19;2-1-3/h4-7,15,19H,1-3,8-12H2;1H,(H,2,3)/t15-,16-;/m1./s1. The van der Waals surface area contributed by atoms with E-state index in [0.29, 0.717) is 0 Å². The molecule has 3 rings (SSSR count). The number of rotatable bonds is 2. The van der Waals surface area contributed by atoms with Gasteiger partial charge in [-0.1, -0.05) is 18.6 Å². The number of aliphatic hydroxyl groups excluding tert-OH is 1. The molecule has 1 heterocycles. The minimum atomic E-state index is -0.250. The normalized spacial score (nSPS) is 28.2. The number of benzene rings is 1. The Bertz CT molecular complexity index is 479. The Balaban J connectivity index is 0.000000545. The van der Waals surface area contributed by atoms with Crippen molar-refractivity contribution in [2.45, 2.75) is 44.8 Å². The summed E-state index contributed by atoms with van der Waals surface area (Å²) < 4.78 is 12.9. The van der Waals surface area contributed by atoms with Gasteiger partial charge in [-0.15, -0.1) is 0 Å². The first-order valence-electron chi connectivity index (χ1n) is 7.82. The summed E-state index contributed by atoms with van der Waals surface area (Å²) in [5, 5.41) is 17.1. The van der Waals surface area contributed by atoms with Gasteiger partial charge in [0.1, 0.15) is 5.82 Å². The third-order valence-corrected chi connectivity index (χ3v) is 4.87. The van der Waals surface area contributed by atoms with E-state index in [1.807, 2.05) is 12.1 Å². The molecule has 0 unspecified atom stereocenters. The summed E-state index contributed by atoms with van der Waals surface area (Å²) in [6.45, 7) is 2.70. The van der Waals surface area contributed by atoms with Gasteiger partial charge < -0.3 is 10.2 Å². The van der Waals surface area contributed by atoms with E-state index in [0.717, 1.165) is 57.3 Å². The molecule has 1 aliphatic heterocycles. The zero-order chi connectivity index (χ0) is 16.0. The van der Waals surface area contributed by atoms with Crippen molar-refractivity contribution >= 4 is 6.47 Å². The minimum Gasteiger partial charge on any atom is -0.483 e. The average Bonchev–Trinajstić information content (AvgIpc) is 2.83. The Kier molecular flexibility index (Phi) is 5.91. The highest BCUT2D eigenvalue weighted by Crippen LogP contribution is 2.45. The Morgan fingerprint density at radius 1 is 1.27 bits per heavy atom. The quantitative estimate of drug-likeness (QED) is 0.825. The third kappa shape index (κ3) is 4.05. The maximum atomic E-state index is 12.9. The molecular weight excluding hydrogens is 285 g/mol. The lowest BCUT2D eigenvalue weighted by Crippen LogP contribution is -2.46. The average molecular weight is 309 g/mol. The van der Waals surface area contributed by atoms with Crippen molar-refractivity contribution < 1.29 is 19.4 Å². The number of hydrogen-bond donors (Lipinski definition) is 2. The molecule has 0 aromatic heterocycles. The number of aliphatic hydroxyl groups is 1. The molecule has 5 heteroatoms. The lowest BCUT2D eigenvalue weighted by Gasteiger charge is -2.42. The van der Waals surface area contributed by atoms with Crippen molar-refractivity contribution in [3.05, 3.63) is 35.6 Å². The van der Waals surface area contributed by atoms with Gasteiger partial charge in [-0.3, -0.25) is 9.69 Å². The SMILES string of the molecule is O=CO.O[C@@H]1CCC[C@]12CCCN(Cc1ccc(F)cc1)C2. The number of likely N-dealkylation sites (tertiary alicyclic amines) is 1. The van der Waals surface area contributed by atoms with Crippen LogP contribution in [-0.2, 0) is 11.3 Å². The predicted molar refractivity (Wildman–Crippen MR) is 81.9 cm³/mol. The fraction of sp³-hybridized carbons (Fsp3) is 0.588. The molecule has 1 aromatic carbocycles. The van der Waals surface area contributed by atoms with Crippen LogP contribution >= 0.6 is 0 Å². The molecule has 1 saturated carbocycles. The number of halogens is 1. The van der Waals surface area contributed by atoms with Gasteiger partial charge in [0.25, 0.3) is 6.47 Å². The summed E-state index contributed by atoms with van der Waals surface area (Å²) in [4.78, 5) is 10.8. The number of carbonyl (C=O) groups is 1. The summed E-state index contributed by atoms with van der Waals surface area (Å²) >= 11 is 0. The Morgan fingerprint density at radius 3 is 2.50 bits per heavy atom. The van der Waals surface area contributed by atoms with E-state index in [1.165, 1.54) is 12.1 Å². The van der Waals surface area contributed by atoms with Crippen LogP contribution in [0, 0.1) is 11.2 Å². The van der Waals surface area contributed by atoms with Crippen LogP contribution in [0.3, 0.4) is 0 Å². The Hall–Kier alpha value is -1.46. The molecule has 1 aliphatic carbocycles. The van der Waals surface area contributed by atoms with Crippen LogP contribution in [0.15, 0.2) is 24.3 Å². The second kappa shape index (κ2) is 7.70. The van der Waals surface area contributed by atoms with E-state index in [4.69, 9.17) is 9.90 Å². The number of piperidine rings is 1. The van der Waals surface area contributed by atoms with Crippen molar-refractivity contribution in [2.75, 3.05) is 13.1 Å². The largest absolute Gasteiger partial charge is 0.483 e. The van der Waals surface area contributed by atoms with Crippen LogP contribution in [0.25, 0.3) is 0 Å². The topological polar surface area (TPSA) is 60.8 Å². The maximum Gasteiger partial charge on any atom is 0.290 e. The predicted octanol–water partition coefficient (Wildman–Crippen LogP) is 2.65. The number of nitrogens with zero attached hydrogens (tertiary/aromatic N) is 1. The van der Waals surface area contributed by atoms with Gasteiger partial charge in [0, 0.05) is 18.5 Å². The second-order valence-corrected chi connectivity index (χ2v) is 6.32. The van der Waals surface area contributed by atoms with Gasteiger partial charge in [0.2, 0.25) is 0 Å². The lowest BCUT2D eigenvalue weighted by molar-refractivity contribution is -0.122. The second-order valence-electron chi connectivity index (χ2n) is 6.32. The first-order chi connectivity index (χ1) is 10.6. The molecule has 122 valence electrons.